The molecule has 2 rings (SSSR count). The molecule has 0 radical (unpaired) electrons. The van der Waals surface area contributed by atoms with Gasteiger partial charge in [0, 0.05) is 25.3 Å². The highest BCUT2D eigenvalue weighted by Crippen LogP contribution is 2.11. The van der Waals surface area contributed by atoms with Gasteiger partial charge in [0.05, 0.1) is 12.6 Å². The third kappa shape index (κ3) is 8.04. The number of rotatable bonds is 7. The summed E-state index contributed by atoms with van der Waals surface area (Å²) < 4.78 is 5.51. The molecule has 1 unspecified atom stereocenters. The number of carbonyl (C=O) groups excluding carboxylic acids is 1. The molecular weight excluding hydrogens is 431 g/mol. The number of hydrogen-bond acceptors (Lipinski definition) is 3. The Bertz CT molecular complexity index is 572. The molecule has 140 valence electrons. The largest absolute Gasteiger partial charge is 0.376 e. The Labute approximate surface area is 167 Å². The van der Waals surface area contributed by atoms with Crippen molar-refractivity contribution >= 4 is 35.8 Å². The summed E-state index contributed by atoms with van der Waals surface area (Å²) in [5.74, 6) is 0.855. The first-order valence-electron chi connectivity index (χ1n) is 8.57. The van der Waals surface area contributed by atoms with Crippen LogP contribution in [-0.2, 0) is 11.3 Å². The van der Waals surface area contributed by atoms with Gasteiger partial charge in [0.15, 0.2) is 5.96 Å². The van der Waals surface area contributed by atoms with Crippen molar-refractivity contribution in [2.75, 3.05) is 19.7 Å². The van der Waals surface area contributed by atoms with Gasteiger partial charge in [-0.05, 0) is 36.5 Å². The van der Waals surface area contributed by atoms with Crippen LogP contribution in [0.3, 0.4) is 0 Å². The molecule has 1 heterocycles. The summed E-state index contributed by atoms with van der Waals surface area (Å²) in [6.45, 7) is 6.82. The van der Waals surface area contributed by atoms with Crippen molar-refractivity contribution in [2.24, 2.45) is 16.6 Å². The van der Waals surface area contributed by atoms with Crippen LogP contribution in [0.4, 0.5) is 0 Å². The third-order valence-electron chi connectivity index (χ3n) is 3.83. The first kappa shape index (κ1) is 21.7. The van der Waals surface area contributed by atoms with Gasteiger partial charge in [-0.15, -0.1) is 24.0 Å². The normalized spacial score (nSPS) is 17.2. The van der Waals surface area contributed by atoms with E-state index in [9.17, 15) is 4.79 Å². The molecule has 1 aliphatic heterocycles. The lowest BCUT2D eigenvalue weighted by Crippen LogP contribution is -2.34. The number of guanidine groups is 1. The summed E-state index contributed by atoms with van der Waals surface area (Å²) >= 11 is 0. The number of halogens is 1. The maximum Gasteiger partial charge on any atom is 0.251 e. The van der Waals surface area contributed by atoms with Crippen molar-refractivity contribution in [1.82, 2.24) is 10.6 Å². The van der Waals surface area contributed by atoms with Crippen LogP contribution >= 0.6 is 24.0 Å². The van der Waals surface area contributed by atoms with Gasteiger partial charge < -0.3 is 21.1 Å². The van der Waals surface area contributed by atoms with Crippen molar-refractivity contribution in [3.63, 3.8) is 0 Å². The van der Waals surface area contributed by atoms with Gasteiger partial charge in [0.25, 0.3) is 5.91 Å². The topological polar surface area (TPSA) is 88.7 Å². The number of nitrogens with one attached hydrogen (secondary N) is 2. The molecule has 1 atom stereocenters. The molecular formula is C18H29IN4O2. The van der Waals surface area contributed by atoms with Crippen molar-refractivity contribution in [3.05, 3.63) is 35.4 Å². The van der Waals surface area contributed by atoms with Crippen LogP contribution in [0.5, 0.6) is 0 Å². The number of aliphatic imine (C=N–C) groups is 1. The zero-order valence-electron chi connectivity index (χ0n) is 15.0. The summed E-state index contributed by atoms with van der Waals surface area (Å²) in [6.07, 6.45) is 2.23. The number of hydrogen-bond donors (Lipinski definition) is 3. The van der Waals surface area contributed by atoms with Gasteiger partial charge in [-0.1, -0.05) is 26.0 Å². The molecule has 7 heteroatoms. The molecule has 0 bridgehead atoms. The van der Waals surface area contributed by atoms with Crippen LogP contribution in [0.1, 0.15) is 42.6 Å². The molecule has 1 aromatic rings. The first-order chi connectivity index (χ1) is 11.5. The van der Waals surface area contributed by atoms with Crippen LogP contribution < -0.4 is 16.4 Å². The van der Waals surface area contributed by atoms with E-state index in [4.69, 9.17) is 10.5 Å². The fourth-order valence-corrected chi connectivity index (χ4v) is 2.47. The van der Waals surface area contributed by atoms with E-state index < -0.39 is 0 Å². The summed E-state index contributed by atoms with van der Waals surface area (Å²) in [5.41, 5.74) is 7.42. The zero-order chi connectivity index (χ0) is 17.4. The highest BCUT2D eigenvalue weighted by molar-refractivity contribution is 14.0. The minimum atomic E-state index is -0.0813. The van der Waals surface area contributed by atoms with Crippen LogP contribution in [0.15, 0.2) is 29.3 Å². The zero-order valence-corrected chi connectivity index (χ0v) is 17.3. The Morgan fingerprint density at radius 3 is 2.88 bits per heavy atom. The minimum absolute atomic E-state index is 0. The van der Waals surface area contributed by atoms with E-state index >= 15 is 0 Å². The second-order valence-electron chi connectivity index (χ2n) is 6.52. The third-order valence-corrected chi connectivity index (χ3v) is 3.83. The lowest BCUT2D eigenvalue weighted by atomic mass is 10.1. The summed E-state index contributed by atoms with van der Waals surface area (Å²) in [4.78, 5) is 16.5. The van der Waals surface area contributed by atoms with Crippen LogP contribution in [0.25, 0.3) is 0 Å². The standard InChI is InChI=1S/C18H28N4O2.HI/c1-13(2)10-21-18(19)22-11-14-5-3-6-15(9-14)17(23)20-12-16-7-4-8-24-16;/h3,5-6,9,13,16H,4,7-8,10-12H2,1-2H3,(H,20,23)(H3,19,21,22);1H. The Balaban J connectivity index is 0.00000312. The lowest BCUT2D eigenvalue weighted by Gasteiger charge is -2.11. The maximum atomic E-state index is 12.2. The number of nitrogens with zero attached hydrogens (tertiary/aromatic N) is 1. The molecule has 25 heavy (non-hydrogen) atoms. The van der Waals surface area contributed by atoms with E-state index in [2.05, 4.69) is 29.5 Å². The number of carbonyl (C=O) groups is 1. The Morgan fingerprint density at radius 1 is 1.40 bits per heavy atom. The SMILES string of the molecule is CC(C)CNC(N)=NCc1cccc(C(=O)NCC2CCCO2)c1.I. The number of ether oxygens (including phenoxy) is 1. The van der Waals surface area contributed by atoms with E-state index in [1.54, 1.807) is 6.07 Å². The van der Waals surface area contributed by atoms with Crippen molar-refractivity contribution in [3.8, 4) is 0 Å². The van der Waals surface area contributed by atoms with Gasteiger partial charge in [-0.25, -0.2) is 4.99 Å². The van der Waals surface area contributed by atoms with Crippen LogP contribution in [-0.4, -0.2) is 37.7 Å². The van der Waals surface area contributed by atoms with Crippen LogP contribution in [0, 0.1) is 5.92 Å². The van der Waals surface area contributed by atoms with Crippen molar-refractivity contribution in [2.45, 2.75) is 39.3 Å². The average Bonchev–Trinajstić information content (AvgIpc) is 3.09. The quantitative estimate of drug-likeness (QED) is 0.331. The Hall–Kier alpha value is -1.35. The van der Waals surface area contributed by atoms with Crippen molar-refractivity contribution < 1.29 is 9.53 Å². The highest BCUT2D eigenvalue weighted by Gasteiger charge is 2.16. The van der Waals surface area contributed by atoms with Gasteiger partial charge in [-0.2, -0.15) is 0 Å². The summed E-state index contributed by atoms with van der Waals surface area (Å²) in [6, 6.07) is 7.46. The number of amides is 1. The van der Waals surface area contributed by atoms with Gasteiger partial charge >= 0.3 is 0 Å². The van der Waals surface area contributed by atoms with E-state index in [1.165, 1.54) is 0 Å². The Morgan fingerprint density at radius 2 is 2.20 bits per heavy atom. The number of nitrogens with two attached hydrogens (primary N) is 1. The highest BCUT2D eigenvalue weighted by atomic mass is 127. The molecule has 4 N–H and O–H groups in total. The summed E-state index contributed by atoms with van der Waals surface area (Å²) in [5, 5.41) is 6.00. The van der Waals surface area contributed by atoms with E-state index in [0.717, 1.165) is 31.6 Å². The number of benzene rings is 1. The predicted molar refractivity (Wildman–Crippen MR) is 111 cm³/mol. The molecule has 1 aromatic carbocycles. The Kier molecular flexibility index (Phi) is 9.81. The van der Waals surface area contributed by atoms with E-state index in [1.807, 2.05) is 18.2 Å². The maximum absolute atomic E-state index is 12.2. The first-order valence-corrected chi connectivity index (χ1v) is 8.57. The fraction of sp³-hybridized carbons (Fsp3) is 0.556. The second-order valence-corrected chi connectivity index (χ2v) is 6.52. The molecule has 0 aromatic heterocycles. The van der Waals surface area contributed by atoms with Gasteiger partial charge in [0.2, 0.25) is 0 Å². The van der Waals surface area contributed by atoms with Crippen LogP contribution in [0.2, 0.25) is 0 Å². The molecule has 1 amide bonds. The molecule has 0 spiro atoms. The molecule has 6 nitrogen and oxygen atoms in total. The predicted octanol–water partition coefficient (Wildman–Crippen LogP) is 2.27. The second kappa shape index (κ2) is 11.3. The van der Waals surface area contributed by atoms with Gasteiger partial charge in [-0.3, -0.25) is 4.79 Å². The van der Waals surface area contributed by atoms with Gasteiger partial charge in [0.1, 0.15) is 0 Å². The smallest absolute Gasteiger partial charge is 0.251 e. The average molecular weight is 460 g/mol. The van der Waals surface area contributed by atoms with E-state index in [0.29, 0.717) is 30.5 Å². The monoisotopic (exact) mass is 460 g/mol. The molecule has 0 aliphatic carbocycles. The van der Waals surface area contributed by atoms with Crippen molar-refractivity contribution in [1.29, 1.82) is 0 Å². The fourth-order valence-electron chi connectivity index (χ4n) is 2.47. The molecule has 1 aliphatic rings. The molecule has 0 saturated carbocycles. The minimum Gasteiger partial charge on any atom is -0.376 e. The lowest BCUT2D eigenvalue weighted by molar-refractivity contribution is 0.0857. The summed E-state index contributed by atoms with van der Waals surface area (Å²) in [7, 11) is 0. The molecule has 1 fully saturated rings. The van der Waals surface area contributed by atoms with E-state index in [-0.39, 0.29) is 36.0 Å². The molecule has 1 saturated heterocycles.